The highest BCUT2D eigenvalue weighted by Gasteiger charge is 2.18. The zero-order valence-electron chi connectivity index (χ0n) is 26.0. The van der Waals surface area contributed by atoms with E-state index >= 15 is 0 Å². The van der Waals surface area contributed by atoms with E-state index in [0.29, 0.717) is 0 Å². The molecule has 0 spiro atoms. The summed E-state index contributed by atoms with van der Waals surface area (Å²) in [5.74, 6) is 0.899. The molecule has 0 unspecified atom stereocenters. The standard InChI is InChI=1S/C44H28N4/c1-5-15-40-33(11-1)34-12-2-6-16-41(34)47(40)32-23-24-39-38(26-32)37(30-21-19-29(20-22-30)31-10-9-25-45-28-31)27-44(46-39)48-42-17-7-3-13-35(42)36-14-4-8-18-43(36)48/h1-28H. The third-order valence-corrected chi connectivity index (χ3v) is 9.62. The molecule has 0 N–H and O–H groups in total. The van der Waals surface area contributed by atoms with Gasteiger partial charge in [-0.3, -0.25) is 9.55 Å². The summed E-state index contributed by atoms with van der Waals surface area (Å²) >= 11 is 0. The lowest BCUT2D eigenvalue weighted by atomic mass is 9.98. The van der Waals surface area contributed by atoms with E-state index in [4.69, 9.17) is 4.98 Å². The Hall–Kier alpha value is -6.52. The first kappa shape index (κ1) is 26.7. The van der Waals surface area contributed by atoms with Crippen LogP contribution in [-0.4, -0.2) is 19.1 Å². The van der Waals surface area contributed by atoms with Gasteiger partial charge in [-0.1, -0.05) is 103 Å². The van der Waals surface area contributed by atoms with E-state index in [1.807, 2.05) is 18.5 Å². The molecule has 0 amide bonds. The maximum absolute atomic E-state index is 5.36. The molecule has 0 atom stereocenters. The van der Waals surface area contributed by atoms with E-state index in [-0.39, 0.29) is 0 Å². The van der Waals surface area contributed by atoms with Gasteiger partial charge < -0.3 is 4.57 Å². The quantitative estimate of drug-likeness (QED) is 0.198. The summed E-state index contributed by atoms with van der Waals surface area (Å²) in [6, 6.07) is 56.4. The lowest BCUT2D eigenvalue weighted by Crippen LogP contribution is -2.00. The minimum Gasteiger partial charge on any atom is -0.309 e. The van der Waals surface area contributed by atoms with Gasteiger partial charge in [0.05, 0.1) is 27.6 Å². The van der Waals surface area contributed by atoms with Crippen LogP contribution in [0.15, 0.2) is 170 Å². The van der Waals surface area contributed by atoms with Crippen LogP contribution in [-0.2, 0) is 0 Å². The van der Waals surface area contributed by atoms with Crippen LogP contribution in [0.25, 0.3) is 88.3 Å². The molecule has 0 fully saturated rings. The molecule has 0 saturated heterocycles. The van der Waals surface area contributed by atoms with Crippen LogP contribution in [0.4, 0.5) is 0 Å². The Bertz CT molecular complexity index is 2720. The number of aromatic nitrogens is 4. The molecule has 0 saturated carbocycles. The highest BCUT2D eigenvalue weighted by atomic mass is 15.1. The summed E-state index contributed by atoms with van der Waals surface area (Å²) in [6.07, 6.45) is 3.72. The van der Waals surface area contributed by atoms with Crippen molar-refractivity contribution in [1.82, 2.24) is 19.1 Å². The molecule has 0 aliphatic carbocycles. The summed E-state index contributed by atoms with van der Waals surface area (Å²) in [7, 11) is 0. The second kappa shape index (κ2) is 10.5. The Morgan fingerprint density at radius 2 is 0.938 bits per heavy atom. The van der Waals surface area contributed by atoms with Crippen LogP contribution in [0, 0.1) is 0 Å². The highest BCUT2D eigenvalue weighted by Crippen LogP contribution is 2.38. The Morgan fingerprint density at radius 3 is 1.50 bits per heavy atom. The number of hydrogen-bond donors (Lipinski definition) is 0. The summed E-state index contributed by atoms with van der Waals surface area (Å²) < 4.78 is 4.68. The van der Waals surface area contributed by atoms with Gasteiger partial charge in [0.15, 0.2) is 0 Å². The monoisotopic (exact) mass is 612 g/mol. The van der Waals surface area contributed by atoms with E-state index < -0.39 is 0 Å². The summed E-state index contributed by atoms with van der Waals surface area (Å²) in [5.41, 5.74) is 11.2. The van der Waals surface area contributed by atoms with E-state index in [1.54, 1.807) is 0 Å². The molecule has 4 aromatic heterocycles. The van der Waals surface area contributed by atoms with E-state index in [0.717, 1.165) is 55.7 Å². The summed E-state index contributed by atoms with van der Waals surface area (Å²) in [5, 5.41) is 6.05. The van der Waals surface area contributed by atoms with Crippen molar-refractivity contribution < 1.29 is 0 Å². The SMILES string of the molecule is c1cncc(-c2ccc(-c3cc(-n4c5ccccc5c5ccccc54)nc4ccc(-n5c6ccccc6c6ccccc65)cc34)cc2)c1. The van der Waals surface area contributed by atoms with Gasteiger partial charge in [0.2, 0.25) is 0 Å². The van der Waals surface area contributed by atoms with E-state index in [1.165, 1.54) is 32.6 Å². The normalized spacial score (nSPS) is 11.8. The maximum Gasteiger partial charge on any atom is 0.138 e. The number of rotatable bonds is 4. The second-order valence-corrected chi connectivity index (χ2v) is 12.3. The first-order valence-corrected chi connectivity index (χ1v) is 16.2. The average Bonchev–Trinajstić information content (AvgIpc) is 3.68. The number of hydrogen-bond acceptors (Lipinski definition) is 2. The Balaban J connectivity index is 1.25. The fourth-order valence-corrected chi connectivity index (χ4v) is 7.44. The lowest BCUT2D eigenvalue weighted by molar-refractivity contribution is 1.10. The Morgan fingerprint density at radius 1 is 0.396 bits per heavy atom. The molecule has 4 heterocycles. The van der Waals surface area contributed by atoms with Gasteiger partial charge in [-0.05, 0) is 76.9 Å². The van der Waals surface area contributed by atoms with Gasteiger partial charge in [0.1, 0.15) is 5.82 Å². The van der Waals surface area contributed by atoms with Crippen molar-refractivity contribution in [3.63, 3.8) is 0 Å². The fraction of sp³-hybridized carbons (Fsp3) is 0. The molecule has 10 aromatic rings. The molecule has 0 bridgehead atoms. The topological polar surface area (TPSA) is 35.6 Å². The number of fused-ring (bicyclic) bond motifs is 7. The number of nitrogens with zero attached hydrogens (tertiary/aromatic N) is 4. The molecule has 4 nitrogen and oxygen atoms in total. The van der Waals surface area contributed by atoms with Crippen LogP contribution >= 0.6 is 0 Å². The van der Waals surface area contributed by atoms with Crippen molar-refractivity contribution >= 4 is 54.5 Å². The van der Waals surface area contributed by atoms with Crippen LogP contribution in [0.1, 0.15) is 0 Å². The Kier molecular flexibility index (Phi) is 5.84. The minimum atomic E-state index is 0.899. The van der Waals surface area contributed by atoms with Gasteiger partial charge in [-0.15, -0.1) is 0 Å². The number of benzene rings is 6. The van der Waals surface area contributed by atoms with Crippen molar-refractivity contribution in [1.29, 1.82) is 0 Å². The average molecular weight is 613 g/mol. The molecule has 0 aliphatic rings. The number of para-hydroxylation sites is 4. The van der Waals surface area contributed by atoms with Crippen molar-refractivity contribution in [3.05, 3.63) is 170 Å². The maximum atomic E-state index is 5.36. The number of pyridine rings is 2. The van der Waals surface area contributed by atoms with E-state index in [9.17, 15) is 0 Å². The summed E-state index contributed by atoms with van der Waals surface area (Å²) in [6.45, 7) is 0. The lowest BCUT2D eigenvalue weighted by Gasteiger charge is -2.15. The van der Waals surface area contributed by atoms with Crippen molar-refractivity contribution in [3.8, 4) is 33.8 Å². The predicted octanol–water partition coefficient (Wildman–Crippen LogP) is 11.2. The Labute approximate surface area is 276 Å². The van der Waals surface area contributed by atoms with Gasteiger partial charge >= 0.3 is 0 Å². The zero-order valence-corrected chi connectivity index (χ0v) is 26.0. The highest BCUT2D eigenvalue weighted by molar-refractivity contribution is 6.11. The zero-order chi connectivity index (χ0) is 31.6. The van der Waals surface area contributed by atoms with Crippen LogP contribution in [0.2, 0.25) is 0 Å². The molecular weight excluding hydrogens is 585 g/mol. The largest absolute Gasteiger partial charge is 0.309 e. The van der Waals surface area contributed by atoms with Crippen molar-refractivity contribution in [2.45, 2.75) is 0 Å². The summed E-state index contributed by atoms with van der Waals surface area (Å²) in [4.78, 5) is 9.70. The third kappa shape index (κ3) is 4.03. The molecular formula is C44H28N4. The van der Waals surface area contributed by atoms with Crippen LogP contribution < -0.4 is 0 Å². The van der Waals surface area contributed by atoms with Crippen LogP contribution in [0.5, 0.6) is 0 Å². The van der Waals surface area contributed by atoms with E-state index in [2.05, 4.69) is 166 Å². The molecule has 10 rings (SSSR count). The van der Waals surface area contributed by atoms with Gasteiger partial charge in [-0.2, -0.15) is 0 Å². The first-order valence-electron chi connectivity index (χ1n) is 16.2. The first-order chi connectivity index (χ1) is 23.8. The fourth-order valence-electron chi connectivity index (χ4n) is 7.44. The molecule has 6 aromatic carbocycles. The van der Waals surface area contributed by atoms with Crippen molar-refractivity contribution in [2.75, 3.05) is 0 Å². The van der Waals surface area contributed by atoms with Gasteiger partial charge in [0, 0.05) is 45.0 Å². The second-order valence-electron chi connectivity index (χ2n) is 12.3. The molecule has 224 valence electrons. The predicted molar refractivity (Wildman–Crippen MR) is 199 cm³/mol. The smallest absolute Gasteiger partial charge is 0.138 e. The third-order valence-electron chi connectivity index (χ3n) is 9.62. The van der Waals surface area contributed by atoms with Crippen LogP contribution in [0.3, 0.4) is 0 Å². The van der Waals surface area contributed by atoms with Gasteiger partial charge in [-0.25, -0.2) is 4.98 Å². The minimum absolute atomic E-state index is 0.899. The molecule has 4 heteroatoms. The molecule has 0 aliphatic heterocycles. The van der Waals surface area contributed by atoms with Crippen molar-refractivity contribution in [2.24, 2.45) is 0 Å². The molecule has 48 heavy (non-hydrogen) atoms. The van der Waals surface area contributed by atoms with Gasteiger partial charge in [0.25, 0.3) is 0 Å². The molecule has 0 radical (unpaired) electrons.